The van der Waals surface area contributed by atoms with Gasteiger partial charge in [-0.2, -0.15) is 8.42 Å². The van der Waals surface area contributed by atoms with Gasteiger partial charge < -0.3 is 8.92 Å². The number of methoxy groups -OCH3 is 1. The van der Waals surface area contributed by atoms with E-state index in [2.05, 4.69) is 0 Å². The van der Waals surface area contributed by atoms with Gasteiger partial charge in [0.25, 0.3) is 5.69 Å². The van der Waals surface area contributed by atoms with Crippen molar-refractivity contribution in [2.24, 2.45) is 0 Å². The molecule has 0 N–H and O–H groups in total. The molecule has 0 aromatic heterocycles. The highest BCUT2D eigenvalue weighted by atomic mass is 32.2. The maximum absolute atomic E-state index is 12.3. The van der Waals surface area contributed by atoms with Crippen molar-refractivity contribution in [2.45, 2.75) is 11.8 Å². The van der Waals surface area contributed by atoms with Crippen LogP contribution in [0.4, 0.5) is 5.69 Å². The number of nitrogens with zero attached hydrogens (tertiary/aromatic N) is 1. The first-order chi connectivity index (χ1) is 10.3. The van der Waals surface area contributed by atoms with Crippen molar-refractivity contribution in [3.05, 3.63) is 58.1 Å². The summed E-state index contributed by atoms with van der Waals surface area (Å²) in [7, 11) is -2.68. The van der Waals surface area contributed by atoms with E-state index in [1.165, 1.54) is 44.4 Å². The summed E-state index contributed by atoms with van der Waals surface area (Å²) in [6.45, 7) is 1.36. The molecular formula is C14H13NO6S. The molecule has 0 amide bonds. The fourth-order valence-electron chi connectivity index (χ4n) is 1.87. The highest BCUT2D eigenvalue weighted by Gasteiger charge is 2.24. The average Bonchev–Trinajstić information content (AvgIpc) is 2.47. The van der Waals surface area contributed by atoms with Crippen molar-refractivity contribution >= 4 is 15.8 Å². The third kappa shape index (κ3) is 3.17. The quantitative estimate of drug-likeness (QED) is 0.477. The van der Waals surface area contributed by atoms with E-state index in [9.17, 15) is 18.5 Å². The first kappa shape index (κ1) is 15.8. The van der Waals surface area contributed by atoms with Crippen LogP contribution in [0.5, 0.6) is 11.5 Å². The van der Waals surface area contributed by atoms with Gasteiger partial charge in [-0.05, 0) is 37.3 Å². The fraction of sp³-hybridized carbons (Fsp3) is 0.143. The van der Waals surface area contributed by atoms with E-state index in [1.807, 2.05) is 0 Å². The molecular weight excluding hydrogens is 310 g/mol. The first-order valence-electron chi connectivity index (χ1n) is 6.17. The van der Waals surface area contributed by atoms with E-state index in [1.54, 1.807) is 12.1 Å². The van der Waals surface area contributed by atoms with Gasteiger partial charge in [0.1, 0.15) is 16.4 Å². The van der Waals surface area contributed by atoms with Crippen LogP contribution >= 0.6 is 0 Å². The lowest BCUT2D eigenvalue weighted by molar-refractivity contribution is -0.385. The molecule has 0 atom stereocenters. The van der Waals surface area contributed by atoms with E-state index in [0.29, 0.717) is 5.75 Å². The van der Waals surface area contributed by atoms with Crippen LogP contribution in [0.2, 0.25) is 0 Å². The van der Waals surface area contributed by atoms with Crippen LogP contribution in [-0.2, 0) is 10.1 Å². The van der Waals surface area contributed by atoms with Gasteiger partial charge in [-0.1, -0.05) is 6.07 Å². The summed E-state index contributed by atoms with van der Waals surface area (Å²) in [5.41, 5.74) is -0.250. The molecule has 2 rings (SSSR count). The summed E-state index contributed by atoms with van der Waals surface area (Å²) >= 11 is 0. The van der Waals surface area contributed by atoms with Gasteiger partial charge in [0.15, 0.2) is 0 Å². The van der Waals surface area contributed by atoms with Crippen LogP contribution in [0.25, 0.3) is 0 Å². The SMILES string of the molecule is COc1ccc(OS(=O)(=O)c2cccc([N+](=O)[O-])c2C)cc1. The Kier molecular flexibility index (Phi) is 4.32. The zero-order chi connectivity index (χ0) is 16.3. The molecule has 116 valence electrons. The lowest BCUT2D eigenvalue weighted by atomic mass is 10.2. The third-order valence-corrected chi connectivity index (χ3v) is 4.38. The minimum absolute atomic E-state index is 0.0287. The first-order valence-corrected chi connectivity index (χ1v) is 7.58. The molecule has 0 bridgehead atoms. The molecule has 0 unspecified atom stereocenters. The van der Waals surface area contributed by atoms with Crippen molar-refractivity contribution in [1.82, 2.24) is 0 Å². The Morgan fingerprint density at radius 1 is 1.05 bits per heavy atom. The molecule has 0 heterocycles. The van der Waals surface area contributed by atoms with Crippen LogP contribution in [0.1, 0.15) is 5.56 Å². The van der Waals surface area contributed by atoms with Crippen molar-refractivity contribution in [3.8, 4) is 11.5 Å². The molecule has 7 nitrogen and oxygen atoms in total. The number of nitro benzene ring substituents is 1. The predicted octanol–water partition coefficient (Wildman–Crippen LogP) is 2.68. The summed E-state index contributed by atoms with van der Waals surface area (Å²) in [6, 6.07) is 9.76. The molecule has 8 heteroatoms. The summed E-state index contributed by atoms with van der Waals surface area (Å²) in [5.74, 6) is 0.642. The monoisotopic (exact) mass is 323 g/mol. The normalized spacial score (nSPS) is 11.0. The largest absolute Gasteiger partial charge is 0.497 e. The van der Waals surface area contributed by atoms with E-state index in [0.717, 1.165) is 0 Å². The van der Waals surface area contributed by atoms with E-state index < -0.39 is 15.0 Å². The summed E-state index contributed by atoms with van der Waals surface area (Å²) in [5, 5.41) is 10.9. The van der Waals surface area contributed by atoms with E-state index in [4.69, 9.17) is 8.92 Å². The molecule has 0 aliphatic carbocycles. The minimum Gasteiger partial charge on any atom is -0.497 e. The van der Waals surface area contributed by atoms with Crippen molar-refractivity contribution in [3.63, 3.8) is 0 Å². The second-order valence-electron chi connectivity index (χ2n) is 4.37. The number of hydrogen-bond acceptors (Lipinski definition) is 6. The van der Waals surface area contributed by atoms with E-state index in [-0.39, 0.29) is 21.9 Å². The average molecular weight is 323 g/mol. The Bertz CT molecular complexity index is 799. The summed E-state index contributed by atoms with van der Waals surface area (Å²) in [4.78, 5) is 10.0. The lowest BCUT2D eigenvalue weighted by Gasteiger charge is -2.09. The van der Waals surface area contributed by atoms with Crippen LogP contribution in [0.15, 0.2) is 47.4 Å². The van der Waals surface area contributed by atoms with Gasteiger partial charge in [0, 0.05) is 11.6 Å². The van der Waals surface area contributed by atoms with Crippen molar-refractivity contribution in [1.29, 1.82) is 0 Å². The smallest absolute Gasteiger partial charge is 0.339 e. The van der Waals surface area contributed by atoms with Crippen LogP contribution < -0.4 is 8.92 Å². The van der Waals surface area contributed by atoms with Crippen LogP contribution in [-0.4, -0.2) is 20.5 Å². The maximum Gasteiger partial charge on any atom is 0.339 e. The van der Waals surface area contributed by atoms with Crippen LogP contribution in [0.3, 0.4) is 0 Å². The third-order valence-electron chi connectivity index (χ3n) is 2.99. The van der Waals surface area contributed by atoms with Crippen LogP contribution in [0, 0.1) is 17.0 Å². The number of rotatable bonds is 5. The van der Waals surface area contributed by atoms with Crippen molar-refractivity contribution in [2.75, 3.05) is 7.11 Å². The van der Waals surface area contributed by atoms with Gasteiger partial charge in [0.05, 0.1) is 12.0 Å². The predicted molar refractivity (Wildman–Crippen MR) is 78.6 cm³/mol. The summed E-state index contributed by atoms with van der Waals surface area (Å²) < 4.78 is 34.5. The van der Waals surface area contributed by atoms with Gasteiger partial charge in [-0.15, -0.1) is 0 Å². The molecule has 0 saturated heterocycles. The molecule has 0 aliphatic heterocycles. The van der Waals surface area contributed by atoms with Gasteiger partial charge >= 0.3 is 10.1 Å². The number of nitro groups is 1. The Morgan fingerprint density at radius 3 is 2.18 bits per heavy atom. The van der Waals surface area contributed by atoms with E-state index >= 15 is 0 Å². The molecule has 0 radical (unpaired) electrons. The number of benzene rings is 2. The highest BCUT2D eigenvalue weighted by molar-refractivity contribution is 7.87. The molecule has 22 heavy (non-hydrogen) atoms. The van der Waals surface area contributed by atoms with Gasteiger partial charge in [-0.3, -0.25) is 10.1 Å². The Labute approximate surface area is 127 Å². The molecule has 0 aliphatic rings. The maximum atomic E-state index is 12.3. The Morgan fingerprint density at radius 2 is 1.64 bits per heavy atom. The lowest BCUT2D eigenvalue weighted by Crippen LogP contribution is -2.12. The second kappa shape index (κ2) is 6.02. The fourth-order valence-corrected chi connectivity index (χ4v) is 3.05. The molecule has 0 spiro atoms. The van der Waals surface area contributed by atoms with Gasteiger partial charge in [-0.25, -0.2) is 0 Å². The topological polar surface area (TPSA) is 95.7 Å². The molecule has 2 aromatic carbocycles. The molecule has 0 fully saturated rings. The second-order valence-corrected chi connectivity index (χ2v) is 5.89. The summed E-state index contributed by atoms with van der Waals surface area (Å²) in [6.07, 6.45) is 0. The Balaban J connectivity index is 2.38. The Hall–Kier alpha value is -2.61. The number of hydrogen-bond donors (Lipinski definition) is 0. The number of ether oxygens (including phenoxy) is 1. The zero-order valence-corrected chi connectivity index (χ0v) is 12.7. The molecule has 2 aromatic rings. The van der Waals surface area contributed by atoms with Crippen molar-refractivity contribution < 1.29 is 22.3 Å². The highest BCUT2D eigenvalue weighted by Crippen LogP contribution is 2.27. The minimum atomic E-state index is -4.16. The molecule has 0 saturated carbocycles. The standard InChI is InChI=1S/C14H13NO6S/c1-10-13(15(16)17)4-3-5-14(10)22(18,19)21-12-8-6-11(20-2)7-9-12/h3-9H,1-2H3. The zero-order valence-electron chi connectivity index (χ0n) is 11.8. The van der Waals surface area contributed by atoms with Gasteiger partial charge in [0.2, 0.25) is 0 Å².